The predicted octanol–water partition coefficient (Wildman–Crippen LogP) is 1.28. The first kappa shape index (κ1) is 14.9. The lowest BCUT2D eigenvalue weighted by molar-refractivity contribution is 0.0943. The van der Waals surface area contributed by atoms with Gasteiger partial charge in [0.15, 0.2) is 0 Å². The van der Waals surface area contributed by atoms with Crippen molar-refractivity contribution in [2.24, 2.45) is 5.41 Å². The predicted molar refractivity (Wildman–Crippen MR) is 66.2 cm³/mol. The molecule has 0 fully saturated rings. The minimum absolute atomic E-state index is 0.0624. The van der Waals surface area contributed by atoms with E-state index in [1.807, 2.05) is 0 Å². The third-order valence-electron chi connectivity index (χ3n) is 3.03. The molecule has 0 aliphatic heterocycles. The Morgan fingerprint density at radius 1 is 1.13 bits per heavy atom. The molecule has 1 atom stereocenters. The lowest BCUT2D eigenvalue weighted by Gasteiger charge is -2.31. The fraction of sp³-hybridized carbons (Fsp3) is 1.00. The van der Waals surface area contributed by atoms with Crippen LogP contribution in [0.25, 0.3) is 0 Å². The maximum absolute atomic E-state index is 9.31. The van der Waals surface area contributed by atoms with Crippen molar-refractivity contribution < 1.29 is 5.11 Å². The van der Waals surface area contributed by atoms with E-state index in [1.165, 1.54) is 6.42 Å². The second kappa shape index (κ2) is 7.20. The molecule has 0 aliphatic carbocycles. The molecule has 0 amide bonds. The molecule has 1 unspecified atom stereocenters. The molecule has 0 radical (unpaired) electrons. The number of rotatable bonds is 8. The molecule has 0 heterocycles. The van der Waals surface area contributed by atoms with Gasteiger partial charge in [-0.15, -0.1) is 0 Å². The van der Waals surface area contributed by atoms with Gasteiger partial charge in [0.05, 0.1) is 0 Å². The minimum Gasteiger partial charge on any atom is -0.396 e. The molecule has 0 bridgehead atoms. The van der Waals surface area contributed by atoms with Crippen molar-refractivity contribution in [2.75, 3.05) is 47.4 Å². The van der Waals surface area contributed by atoms with E-state index in [0.29, 0.717) is 0 Å². The summed E-state index contributed by atoms with van der Waals surface area (Å²) >= 11 is 0. The zero-order chi connectivity index (χ0) is 11.9. The van der Waals surface area contributed by atoms with Gasteiger partial charge in [-0.2, -0.15) is 0 Å². The molecule has 1 N–H and O–H groups in total. The first-order chi connectivity index (χ1) is 6.93. The number of hydrogen-bond acceptors (Lipinski definition) is 3. The molecule has 3 nitrogen and oxygen atoms in total. The fourth-order valence-electron chi connectivity index (χ4n) is 1.66. The Balaban J connectivity index is 3.76. The number of aliphatic hydroxyl groups excluding tert-OH is 1. The van der Waals surface area contributed by atoms with Crippen LogP contribution in [0.4, 0.5) is 0 Å². The van der Waals surface area contributed by atoms with E-state index in [1.54, 1.807) is 0 Å². The van der Waals surface area contributed by atoms with Crippen LogP contribution < -0.4 is 0 Å². The molecule has 15 heavy (non-hydrogen) atoms. The summed E-state index contributed by atoms with van der Waals surface area (Å²) in [7, 11) is 6.34. The van der Waals surface area contributed by atoms with E-state index in [4.69, 9.17) is 0 Å². The largest absolute Gasteiger partial charge is 0.396 e. The second-order valence-electron chi connectivity index (χ2n) is 5.22. The van der Waals surface area contributed by atoms with Crippen LogP contribution in [0.1, 0.15) is 26.7 Å². The molecular weight excluding hydrogens is 188 g/mol. The van der Waals surface area contributed by atoms with Gasteiger partial charge in [-0.3, -0.25) is 0 Å². The van der Waals surface area contributed by atoms with Gasteiger partial charge in [-0.25, -0.2) is 0 Å². The van der Waals surface area contributed by atoms with Crippen LogP contribution in [-0.4, -0.2) is 62.3 Å². The van der Waals surface area contributed by atoms with Crippen molar-refractivity contribution in [2.45, 2.75) is 26.7 Å². The van der Waals surface area contributed by atoms with Gasteiger partial charge < -0.3 is 14.9 Å². The summed E-state index contributed by atoms with van der Waals surface area (Å²) in [6, 6.07) is 0. The zero-order valence-electron chi connectivity index (χ0n) is 11.1. The minimum atomic E-state index is 0.0624. The molecular formula is C12H28N2O. The summed E-state index contributed by atoms with van der Waals surface area (Å²) in [5, 5.41) is 9.31. The van der Waals surface area contributed by atoms with Crippen LogP contribution in [0.2, 0.25) is 0 Å². The van der Waals surface area contributed by atoms with E-state index in [0.717, 1.165) is 26.1 Å². The van der Waals surface area contributed by atoms with E-state index in [2.05, 4.69) is 44.8 Å². The molecule has 92 valence electrons. The van der Waals surface area contributed by atoms with Gasteiger partial charge in [0, 0.05) is 18.6 Å². The Labute approximate surface area is 95.1 Å². The first-order valence-corrected chi connectivity index (χ1v) is 5.87. The van der Waals surface area contributed by atoms with Crippen molar-refractivity contribution in [3.05, 3.63) is 0 Å². The fourth-order valence-corrected chi connectivity index (χ4v) is 1.66. The average molecular weight is 216 g/mol. The lowest BCUT2D eigenvalue weighted by Crippen LogP contribution is -2.36. The molecule has 3 heteroatoms. The summed E-state index contributed by atoms with van der Waals surface area (Å²) in [6.45, 7) is 7.79. The Morgan fingerprint density at radius 3 is 2.13 bits per heavy atom. The van der Waals surface area contributed by atoms with Gasteiger partial charge in [-0.1, -0.05) is 13.8 Å². The van der Waals surface area contributed by atoms with Crippen LogP contribution in [0.3, 0.4) is 0 Å². The van der Waals surface area contributed by atoms with Crippen LogP contribution in [-0.2, 0) is 0 Å². The highest BCUT2D eigenvalue weighted by Gasteiger charge is 2.22. The summed E-state index contributed by atoms with van der Waals surface area (Å²) in [5.41, 5.74) is 0.0624. The highest BCUT2D eigenvalue weighted by atomic mass is 16.3. The van der Waals surface area contributed by atoms with Crippen molar-refractivity contribution in [1.82, 2.24) is 9.80 Å². The topological polar surface area (TPSA) is 26.7 Å². The van der Waals surface area contributed by atoms with E-state index < -0.39 is 0 Å². The van der Waals surface area contributed by atoms with Gasteiger partial charge in [0.25, 0.3) is 0 Å². The summed E-state index contributed by atoms with van der Waals surface area (Å²) in [6.07, 6.45) is 2.22. The van der Waals surface area contributed by atoms with Crippen molar-refractivity contribution in [1.29, 1.82) is 0 Å². The molecule has 0 aliphatic rings. The Hall–Kier alpha value is -0.120. The molecule has 0 rings (SSSR count). The lowest BCUT2D eigenvalue weighted by atomic mass is 9.88. The van der Waals surface area contributed by atoms with Crippen LogP contribution >= 0.6 is 0 Å². The van der Waals surface area contributed by atoms with Gasteiger partial charge in [0.1, 0.15) is 0 Å². The zero-order valence-corrected chi connectivity index (χ0v) is 11.1. The van der Waals surface area contributed by atoms with E-state index in [9.17, 15) is 5.11 Å². The van der Waals surface area contributed by atoms with Gasteiger partial charge in [0.2, 0.25) is 0 Å². The molecule has 0 saturated carbocycles. The average Bonchev–Trinajstić information content (AvgIpc) is 2.17. The van der Waals surface area contributed by atoms with Crippen molar-refractivity contribution in [3.63, 3.8) is 0 Å². The molecule has 0 saturated heterocycles. The second-order valence-corrected chi connectivity index (χ2v) is 5.22. The maximum atomic E-state index is 9.31. The maximum Gasteiger partial charge on any atom is 0.0496 e. The monoisotopic (exact) mass is 216 g/mol. The quantitative estimate of drug-likeness (QED) is 0.662. The summed E-state index contributed by atoms with van der Waals surface area (Å²) in [5.74, 6) is 0. The molecule has 0 spiro atoms. The molecule has 0 aromatic carbocycles. The Morgan fingerprint density at radius 2 is 1.73 bits per heavy atom. The number of nitrogens with zero attached hydrogens (tertiary/aromatic N) is 2. The number of hydrogen-bond donors (Lipinski definition) is 1. The Kier molecular flexibility index (Phi) is 7.14. The van der Waals surface area contributed by atoms with E-state index >= 15 is 0 Å². The third kappa shape index (κ3) is 6.88. The standard InChI is InChI=1S/C12H28N2O/c1-6-12(2,11-15)10-14(5)9-7-8-13(3)4/h15H,6-11H2,1-5H3. The van der Waals surface area contributed by atoms with Gasteiger partial charge in [-0.05, 0) is 47.1 Å². The SMILES string of the molecule is CCC(C)(CO)CN(C)CCCN(C)C. The molecule has 0 aromatic rings. The summed E-state index contributed by atoms with van der Waals surface area (Å²) in [4.78, 5) is 4.53. The smallest absolute Gasteiger partial charge is 0.0496 e. The summed E-state index contributed by atoms with van der Waals surface area (Å²) < 4.78 is 0. The van der Waals surface area contributed by atoms with Crippen LogP contribution in [0.5, 0.6) is 0 Å². The molecule has 0 aromatic heterocycles. The van der Waals surface area contributed by atoms with Crippen LogP contribution in [0, 0.1) is 5.41 Å². The highest BCUT2D eigenvalue weighted by Crippen LogP contribution is 2.20. The normalized spacial score (nSPS) is 16.0. The van der Waals surface area contributed by atoms with Crippen molar-refractivity contribution >= 4 is 0 Å². The van der Waals surface area contributed by atoms with Gasteiger partial charge >= 0.3 is 0 Å². The van der Waals surface area contributed by atoms with Crippen molar-refractivity contribution in [3.8, 4) is 0 Å². The van der Waals surface area contributed by atoms with Crippen LogP contribution in [0.15, 0.2) is 0 Å². The first-order valence-electron chi connectivity index (χ1n) is 5.87. The Bertz CT molecular complexity index is 156. The van der Waals surface area contributed by atoms with E-state index in [-0.39, 0.29) is 12.0 Å². The third-order valence-corrected chi connectivity index (χ3v) is 3.03. The number of aliphatic hydroxyl groups is 1. The highest BCUT2D eigenvalue weighted by molar-refractivity contribution is 4.75.